The van der Waals surface area contributed by atoms with E-state index < -0.39 is 0 Å². The van der Waals surface area contributed by atoms with Crippen LogP contribution in [0, 0.1) is 13.8 Å². The van der Waals surface area contributed by atoms with Crippen LogP contribution in [0.15, 0.2) is 30.9 Å². The highest BCUT2D eigenvalue weighted by Crippen LogP contribution is 2.08. The summed E-state index contributed by atoms with van der Waals surface area (Å²) in [6.07, 6.45) is 6.91. The Morgan fingerprint density at radius 2 is 1.67 bits per heavy atom. The molecule has 0 aliphatic heterocycles. The number of ketones is 1. The maximum atomic E-state index is 10.4. The molecule has 0 spiro atoms. The molecule has 0 unspecified atom stereocenters. The maximum Gasteiger partial charge on any atom is 0.129 e. The molecule has 0 heterocycles. The second kappa shape index (κ2) is 15.0. The van der Waals surface area contributed by atoms with Crippen molar-refractivity contribution in [2.45, 2.75) is 73.6 Å². The lowest BCUT2D eigenvalue weighted by atomic mass is 10.1. The van der Waals surface area contributed by atoms with Gasteiger partial charge in [0.2, 0.25) is 0 Å². The molecule has 124 valence electrons. The Balaban J connectivity index is -0.000000132. The van der Waals surface area contributed by atoms with Crippen molar-refractivity contribution < 1.29 is 7.65 Å². The quantitative estimate of drug-likeness (QED) is 0.421. The third kappa shape index (κ3) is 14.8. The van der Waals surface area contributed by atoms with Gasteiger partial charge < -0.3 is 4.79 Å². The van der Waals surface area contributed by atoms with Crippen molar-refractivity contribution in [3.8, 4) is 0 Å². The highest BCUT2D eigenvalue weighted by Gasteiger charge is 1.91. The van der Waals surface area contributed by atoms with Crippen molar-refractivity contribution in [2.75, 3.05) is 0 Å². The Morgan fingerprint density at radius 1 is 1.14 bits per heavy atom. The number of Topliss-reactive ketones (excluding diaryl/α,β-unsaturated/α-hetero) is 1. The van der Waals surface area contributed by atoms with E-state index in [1.54, 1.807) is 6.92 Å². The molecule has 1 rings (SSSR count). The third-order valence-electron chi connectivity index (χ3n) is 2.88. The number of unbranched alkanes of at least 4 members (excludes halogenated alkanes) is 2. The average molecular weight is 295 g/mol. The second-order valence-electron chi connectivity index (χ2n) is 5.09. The molecular weight excluding hydrogens is 256 g/mol. The fourth-order valence-corrected chi connectivity index (χ4v) is 1.94. The zero-order chi connectivity index (χ0) is 16.7. The first-order chi connectivity index (χ1) is 9.99. The van der Waals surface area contributed by atoms with E-state index in [0.717, 1.165) is 32.1 Å². The summed E-state index contributed by atoms with van der Waals surface area (Å²) in [6, 6.07) is 6.69. The number of benzene rings is 1. The van der Waals surface area contributed by atoms with Crippen molar-refractivity contribution in [1.82, 2.24) is 0 Å². The SMILES string of the molecule is C=CCCCCC(C)=O.CC.CCc1cc(C)cc(C)c1.[HH].[HH]. The summed E-state index contributed by atoms with van der Waals surface area (Å²) in [5.74, 6) is 0.291. The Labute approximate surface area is 135 Å². The topological polar surface area (TPSA) is 17.1 Å². The summed E-state index contributed by atoms with van der Waals surface area (Å²) in [6.45, 7) is 15.7. The number of carbonyl (C=O) groups excluding carboxylic acids is 1. The van der Waals surface area contributed by atoms with Gasteiger partial charge in [0.25, 0.3) is 0 Å². The molecule has 0 fully saturated rings. The normalized spacial score (nSPS) is 8.86. The van der Waals surface area contributed by atoms with Crippen LogP contribution < -0.4 is 0 Å². The average Bonchev–Trinajstić information content (AvgIpc) is 2.45. The van der Waals surface area contributed by atoms with Crippen molar-refractivity contribution in [3.05, 3.63) is 47.5 Å². The van der Waals surface area contributed by atoms with Crippen LogP contribution in [-0.4, -0.2) is 5.78 Å². The molecular formula is C20H38O. The van der Waals surface area contributed by atoms with Crippen LogP contribution in [0.1, 0.15) is 72.9 Å². The molecule has 0 saturated carbocycles. The summed E-state index contributed by atoms with van der Waals surface area (Å²) < 4.78 is 0. The summed E-state index contributed by atoms with van der Waals surface area (Å²) in [7, 11) is 0. The van der Waals surface area contributed by atoms with Crippen LogP contribution in [0.4, 0.5) is 0 Å². The molecule has 0 bridgehead atoms. The molecule has 0 aliphatic rings. The predicted octanol–water partition coefficient (Wildman–Crippen LogP) is 6.71. The van der Waals surface area contributed by atoms with Crippen LogP contribution in [0.2, 0.25) is 0 Å². The van der Waals surface area contributed by atoms with E-state index in [9.17, 15) is 4.79 Å². The summed E-state index contributed by atoms with van der Waals surface area (Å²) in [4.78, 5) is 10.4. The van der Waals surface area contributed by atoms with Gasteiger partial charge in [0, 0.05) is 9.27 Å². The molecule has 1 heteroatoms. The lowest BCUT2D eigenvalue weighted by Gasteiger charge is -2.00. The van der Waals surface area contributed by atoms with Crippen LogP contribution >= 0.6 is 0 Å². The Hall–Kier alpha value is -1.37. The van der Waals surface area contributed by atoms with E-state index in [2.05, 4.69) is 45.5 Å². The number of hydrogen-bond acceptors (Lipinski definition) is 1. The predicted molar refractivity (Wildman–Crippen MR) is 100 cm³/mol. The summed E-state index contributed by atoms with van der Waals surface area (Å²) in [5.41, 5.74) is 4.19. The largest absolute Gasteiger partial charge is 0.300 e. The zero-order valence-electron chi connectivity index (χ0n) is 15.0. The molecule has 0 saturated heterocycles. The van der Waals surface area contributed by atoms with Crippen molar-refractivity contribution in [1.29, 1.82) is 0 Å². The monoisotopic (exact) mass is 294 g/mol. The second-order valence-corrected chi connectivity index (χ2v) is 5.09. The van der Waals surface area contributed by atoms with Gasteiger partial charge in [-0.1, -0.05) is 56.2 Å². The van der Waals surface area contributed by atoms with Crippen LogP contribution in [0.3, 0.4) is 0 Å². The first-order valence-corrected chi connectivity index (χ1v) is 8.17. The highest BCUT2D eigenvalue weighted by atomic mass is 16.1. The van der Waals surface area contributed by atoms with E-state index in [4.69, 9.17) is 0 Å². The van der Waals surface area contributed by atoms with E-state index in [1.165, 1.54) is 16.7 Å². The number of carbonyl (C=O) groups is 1. The molecule has 0 aliphatic carbocycles. The minimum absolute atomic E-state index is 0. The Kier molecular flexibility index (Phi) is 15.7. The molecule has 0 amide bonds. The minimum atomic E-state index is 0. The van der Waals surface area contributed by atoms with Gasteiger partial charge in [0.15, 0.2) is 0 Å². The standard InChI is InChI=1S/C10H14.C8H14O.C2H6.2H2/c1-4-10-6-8(2)5-9(3)7-10;1-3-4-5-6-7-8(2)9;1-2;;/h5-7H,4H2,1-3H3;3H,1,4-7H2,2H3;1-2H3;2*1H. The number of aryl methyl sites for hydroxylation is 3. The van der Waals surface area contributed by atoms with Crippen molar-refractivity contribution in [3.63, 3.8) is 0 Å². The molecule has 1 nitrogen and oxygen atoms in total. The minimum Gasteiger partial charge on any atom is -0.300 e. The molecule has 0 N–H and O–H groups in total. The number of rotatable bonds is 6. The first kappa shape index (κ1) is 21.9. The van der Waals surface area contributed by atoms with Gasteiger partial charge in [-0.05, 0) is 52.0 Å². The van der Waals surface area contributed by atoms with Gasteiger partial charge >= 0.3 is 0 Å². The maximum absolute atomic E-state index is 10.4. The van der Waals surface area contributed by atoms with Crippen molar-refractivity contribution in [2.24, 2.45) is 0 Å². The molecule has 0 atom stereocenters. The first-order valence-electron chi connectivity index (χ1n) is 8.17. The number of hydrogen-bond donors (Lipinski definition) is 0. The van der Waals surface area contributed by atoms with Gasteiger partial charge in [-0.15, -0.1) is 6.58 Å². The van der Waals surface area contributed by atoms with Crippen LogP contribution in [0.5, 0.6) is 0 Å². The van der Waals surface area contributed by atoms with Gasteiger partial charge in [0.05, 0.1) is 0 Å². The smallest absolute Gasteiger partial charge is 0.129 e. The van der Waals surface area contributed by atoms with Gasteiger partial charge in [-0.2, -0.15) is 0 Å². The Morgan fingerprint density at radius 3 is 2.05 bits per heavy atom. The van der Waals surface area contributed by atoms with Gasteiger partial charge in [0.1, 0.15) is 5.78 Å². The van der Waals surface area contributed by atoms with E-state index in [0.29, 0.717) is 5.78 Å². The van der Waals surface area contributed by atoms with Crippen LogP contribution in [0.25, 0.3) is 0 Å². The summed E-state index contributed by atoms with van der Waals surface area (Å²) in [5, 5.41) is 0. The molecule has 1 aromatic carbocycles. The highest BCUT2D eigenvalue weighted by molar-refractivity contribution is 5.75. The lowest BCUT2D eigenvalue weighted by molar-refractivity contribution is -0.117. The van der Waals surface area contributed by atoms with E-state index >= 15 is 0 Å². The fourth-order valence-electron chi connectivity index (χ4n) is 1.94. The molecule has 21 heavy (non-hydrogen) atoms. The third-order valence-corrected chi connectivity index (χ3v) is 2.88. The van der Waals surface area contributed by atoms with E-state index in [1.807, 2.05) is 19.9 Å². The Bertz CT molecular complexity index is 380. The molecule has 0 radical (unpaired) electrons. The fraction of sp³-hybridized carbons (Fsp3) is 0.550. The van der Waals surface area contributed by atoms with Crippen molar-refractivity contribution >= 4 is 5.78 Å². The molecule has 0 aromatic heterocycles. The molecule has 1 aromatic rings. The summed E-state index contributed by atoms with van der Waals surface area (Å²) >= 11 is 0. The van der Waals surface area contributed by atoms with Gasteiger partial charge in [-0.3, -0.25) is 0 Å². The zero-order valence-corrected chi connectivity index (χ0v) is 15.0. The van der Waals surface area contributed by atoms with Gasteiger partial charge in [-0.25, -0.2) is 0 Å². The number of allylic oxidation sites excluding steroid dienone is 1. The lowest BCUT2D eigenvalue weighted by Crippen LogP contribution is -1.87. The van der Waals surface area contributed by atoms with Crippen LogP contribution in [-0.2, 0) is 11.2 Å². The van der Waals surface area contributed by atoms with E-state index in [-0.39, 0.29) is 2.85 Å².